The Bertz CT molecular complexity index is 629. The number of nitrogens with one attached hydrogen (secondary N) is 2. The fourth-order valence-electron chi connectivity index (χ4n) is 2.39. The molecular weight excluding hydrogens is 266 g/mol. The second kappa shape index (κ2) is 6.92. The second-order valence-electron chi connectivity index (χ2n) is 4.82. The van der Waals surface area contributed by atoms with Crippen LogP contribution in [0.2, 0.25) is 0 Å². The SMILES string of the molecule is CCN(CC)C(=O)CCNC(=O)c1cccc2cc[nH]c12. The first kappa shape index (κ1) is 15.1. The molecule has 0 aliphatic heterocycles. The molecule has 0 atom stereocenters. The number of carbonyl (C=O) groups is 2. The number of hydrogen-bond donors (Lipinski definition) is 2. The van der Waals surface area contributed by atoms with E-state index < -0.39 is 0 Å². The molecule has 112 valence electrons. The van der Waals surface area contributed by atoms with Gasteiger partial charge in [0.25, 0.3) is 5.91 Å². The van der Waals surface area contributed by atoms with Crippen molar-refractivity contribution >= 4 is 22.7 Å². The molecule has 21 heavy (non-hydrogen) atoms. The van der Waals surface area contributed by atoms with Crippen LogP contribution in [0.1, 0.15) is 30.6 Å². The normalized spacial score (nSPS) is 10.6. The molecule has 1 aromatic carbocycles. The van der Waals surface area contributed by atoms with Gasteiger partial charge in [0.15, 0.2) is 0 Å². The van der Waals surface area contributed by atoms with Gasteiger partial charge in [0, 0.05) is 37.6 Å². The Morgan fingerprint density at radius 3 is 2.67 bits per heavy atom. The van der Waals surface area contributed by atoms with Crippen molar-refractivity contribution in [3.05, 3.63) is 36.0 Å². The van der Waals surface area contributed by atoms with Crippen LogP contribution >= 0.6 is 0 Å². The van der Waals surface area contributed by atoms with Crippen LogP contribution in [0.25, 0.3) is 10.9 Å². The van der Waals surface area contributed by atoms with Gasteiger partial charge in [-0.05, 0) is 26.0 Å². The van der Waals surface area contributed by atoms with Crippen molar-refractivity contribution in [2.75, 3.05) is 19.6 Å². The summed E-state index contributed by atoms with van der Waals surface area (Å²) < 4.78 is 0. The van der Waals surface area contributed by atoms with Crippen LogP contribution in [-0.2, 0) is 4.79 Å². The summed E-state index contributed by atoms with van der Waals surface area (Å²) in [5.74, 6) is -0.0891. The number of benzene rings is 1. The smallest absolute Gasteiger partial charge is 0.253 e. The molecule has 0 radical (unpaired) electrons. The monoisotopic (exact) mass is 287 g/mol. The van der Waals surface area contributed by atoms with E-state index in [1.54, 1.807) is 11.0 Å². The molecule has 2 rings (SSSR count). The van der Waals surface area contributed by atoms with Gasteiger partial charge in [-0.15, -0.1) is 0 Å². The largest absolute Gasteiger partial charge is 0.361 e. The molecule has 2 amide bonds. The van der Waals surface area contributed by atoms with E-state index in [2.05, 4.69) is 10.3 Å². The third-order valence-corrected chi connectivity index (χ3v) is 3.57. The third-order valence-electron chi connectivity index (χ3n) is 3.57. The summed E-state index contributed by atoms with van der Waals surface area (Å²) in [4.78, 5) is 28.9. The summed E-state index contributed by atoms with van der Waals surface area (Å²) in [6, 6.07) is 7.51. The molecule has 0 bridgehead atoms. The van der Waals surface area contributed by atoms with E-state index >= 15 is 0 Å². The first-order chi connectivity index (χ1) is 10.2. The minimum Gasteiger partial charge on any atom is -0.361 e. The number of amides is 2. The Kier molecular flexibility index (Phi) is 4.98. The highest BCUT2D eigenvalue weighted by Crippen LogP contribution is 2.16. The summed E-state index contributed by atoms with van der Waals surface area (Å²) in [5, 5.41) is 3.81. The lowest BCUT2D eigenvalue weighted by Gasteiger charge is -2.18. The zero-order valence-electron chi connectivity index (χ0n) is 12.5. The Balaban J connectivity index is 1.93. The van der Waals surface area contributed by atoms with Crippen LogP contribution in [0.3, 0.4) is 0 Å². The van der Waals surface area contributed by atoms with Crippen LogP contribution in [0.15, 0.2) is 30.5 Å². The first-order valence-corrected chi connectivity index (χ1v) is 7.29. The molecule has 5 heteroatoms. The summed E-state index contributed by atoms with van der Waals surface area (Å²) in [7, 11) is 0. The number of aromatic nitrogens is 1. The number of hydrogen-bond acceptors (Lipinski definition) is 2. The maximum absolute atomic E-state index is 12.2. The van der Waals surface area contributed by atoms with Gasteiger partial charge < -0.3 is 15.2 Å². The van der Waals surface area contributed by atoms with E-state index in [0.29, 0.717) is 31.6 Å². The molecule has 0 fully saturated rings. The van der Waals surface area contributed by atoms with Crippen LogP contribution in [0, 0.1) is 0 Å². The van der Waals surface area contributed by atoms with Crippen molar-refractivity contribution in [1.82, 2.24) is 15.2 Å². The van der Waals surface area contributed by atoms with E-state index in [4.69, 9.17) is 0 Å². The summed E-state index contributed by atoms with van der Waals surface area (Å²) in [6.07, 6.45) is 2.14. The molecule has 2 aromatic rings. The van der Waals surface area contributed by atoms with Crippen molar-refractivity contribution < 1.29 is 9.59 Å². The molecule has 1 heterocycles. The highest BCUT2D eigenvalue weighted by Gasteiger charge is 2.12. The maximum Gasteiger partial charge on any atom is 0.253 e. The molecule has 0 spiro atoms. The van der Waals surface area contributed by atoms with E-state index in [9.17, 15) is 9.59 Å². The van der Waals surface area contributed by atoms with E-state index in [1.165, 1.54) is 0 Å². The summed E-state index contributed by atoms with van der Waals surface area (Å²) in [6.45, 7) is 5.65. The Hall–Kier alpha value is -2.30. The Morgan fingerprint density at radius 1 is 1.19 bits per heavy atom. The quantitative estimate of drug-likeness (QED) is 0.855. The Morgan fingerprint density at radius 2 is 1.95 bits per heavy atom. The molecule has 0 unspecified atom stereocenters. The van der Waals surface area contributed by atoms with Gasteiger partial charge >= 0.3 is 0 Å². The van der Waals surface area contributed by atoms with Gasteiger partial charge in [0.1, 0.15) is 0 Å². The van der Waals surface area contributed by atoms with Gasteiger partial charge in [-0.1, -0.05) is 12.1 Å². The molecule has 5 nitrogen and oxygen atoms in total. The minimum atomic E-state index is -0.157. The van der Waals surface area contributed by atoms with Crippen molar-refractivity contribution in [2.24, 2.45) is 0 Å². The van der Waals surface area contributed by atoms with Crippen molar-refractivity contribution in [1.29, 1.82) is 0 Å². The van der Waals surface area contributed by atoms with E-state index in [-0.39, 0.29) is 11.8 Å². The fourth-order valence-corrected chi connectivity index (χ4v) is 2.39. The highest BCUT2D eigenvalue weighted by molar-refractivity contribution is 6.05. The van der Waals surface area contributed by atoms with Crippen LogP contribution < -0.4 is 5.32 Å². The highest BCUT2D eigenvalue weighted by atomic mass is 16.2. The molecule has 2 N–H and O–H groups in total. The standard InChI is InChI=1S/C16H21N3O2/c1-3-19(4-2)14(20)9-11-18-16(21)13-7-5-6-12-8-10-17-15(12)13/h5-8,10,17H,3-4,9,11H2,1-2H3,(H,18,21). The molecular formula is C16H21N3O2. The number of aromatic amines is 1. The van der Waals surface area contributed by atoms with Crippen LogP contribution in [-0.4, -0.2) is 41.3 Å². The molecule has 0 aliphatic rings. The lowest BCUT2D eigenvalue weighted by Crippen LogP contribution is -2.34. The summed E-state index contributed by atoms with van der Waals surface area (Å²) >= 11 is 0. The van der Waals surface area contributed by atoms with Crippen molar-refractivity contribution in [2.45, 2.75) is 20.3 Å². The van der Waals surface area contributed by atoms with E-state index in [0.717, 1.165) is 10.9 Å². The minimum absolute atomic E-state index is 0.0679. The van der Waals surface area contributed by atoms with E-state index in [1.807, 2.05) is 38.2 Å². The van der Waals surface area contributed by atoms with Crippen molar-refractivity contribution in [3.8, 4) is 0 Å². The zero-order valence-corrected chi connectivity index (χ0v) is 12.5. The molecule has 0 saturated carbocycles. The van der Waals surface area contributed by atoms with Gasteiger partial charge in [0.2, 0.25) is 5.91 Å². The molecule has 0 aliphatic carbocycles. The van der Waals surface area contributed by atoms with Gasteiger partial charge in [0.05, 0.1) is 11.1 Å². The topological polar surface area (TPSA) is 65.2 Å². The zero-order chi connectivity index (χ0) is 15.2. The van der Waals surface area contributed by atoms with Gasteiger partial charge in [-0.2, -0.15) is 0 Å². The van der Waals surface area contributed by atoms with Gasteiger partial charge in [-0.25, -0.2) is 0 Å². The number of nitrogens with zero attached hydrogens (tertiary/aromatic N) is 1. The number of rotatable bonds is 6. The third kappa shape index (κ3) is 3.42. The maximum atomic E-state index is 12.2. The number of fused-ring (bicyclic) bond motifs is 1. The predicted octanol–water partition coefficient (Wildman–Crippen LogP) is 2.16. The first-order valence-electron chi connectivity index (χ1n) is 7.29. The molecule has 0 saturated heterocycles. The van der Waals surface area contributed by atoms with Crippen LogP contribution in [0.4, 0.5) is 0 Å². The van der Waals surface area contributed by atoms with Gasteiger partial charge in [-0.3, -0.25) is 9.59 Å². The fraction of sp³-hybridized carbons (Fsp3) is 0.375. The van der Waals surface area contributed by atoms with Crippen LogP contribution in [0.5, 0.6) is 0 Å². The predicted molar refractivity (Wildman–Crippen MR) is 83.2 cm³/mol. The molecule has 1 aromatic heterocycles. The lowest BCUT2D eigenvalue weighted by atomic mass is 10.1. The number of carbonyl (C=O) groups excluding carboxylic acids is 2. The number of H-pyrrole nitrogens is 1. The lowest BCUT2D eigenvalue weighted by molar-refractivity contribution is -0.130. The van der Waals surface area contributed by atoms with Crippen molar-refractivity contribution in [3.63, 3.8) is 0 Å². The Labute approximate surface area is 124 Å². The number of para-hydroxylation sites is 1. The average molecular weight is 287 g/mol. The summed E-state index contributed by atoms with van der Waals surface area (Å²) in [5.41, 5.74) is 1.43. The second-order valence-corrected chi connectivity index (χ2v) is 4.82. The average Bonchev–Trinajstić information content (AvgIpc) is 2.96.